The molecule has 0 aliphatic heterocycles. The highest BCUT2D eigenvalue weighted by atomic mass is 19.1. The van der Waals surface area contributed by atoms with Crippen molar-refractivity contribution in [3.05, 3.63) is 75.6 Å². The Bertz CT molecular complexity index is 803. The van der Waals surface area contributed by atoms with Crippen LogP contribution in [0.15, 0.2) is 48.5 Å². The Morgan fingerprint density at radius 1 is 1.28 bits per heavy atom. The standard InChI is InChI=1S/C18H17FN2O4/c1-12(14-5-7-15(19)8-6-14)20-16-9-3-13(4-10-18(22)25-2)11-17(16)21(23)24/h3-12,20H,1-2H3/b10-4+/t12-/m1/s1. The first kappa shape index (κ1) is 18.1. The largest absolute Gasteiger partial charge is 0.466 e. The van der Waals surface area contributed by atoms with Crippen LogP contribution >= 0.6 is 0 Å². The average Bonchev–Trinajstić information content (AvgIpc) is 2.60. The fraction of sp³-hybridized carbons (Fsp3) is 0.167. The molecular formula is C18H17FN2O4. The van der Waals surface area contributed by atoms with E-state index in [1.165, 1.54) is 37.5 Å². The van der Waals surface area contributed by atoms with Crippen molar-refractivity contribution in [2.75, 3.05) is 12.4 Å². The van der Waals surface area contributed by atoms with Crippen molar-refractivity contribution < 1.29 is 18.8 Å². The Morgan fingerprint density at radius 2 is 1.96 bits per heavy atom. The molecule has 1 atom stereocenters. The van der Waals surface area contributed by atoms with Crippen LogP contribution in [0.5, 0.6) is 0 Å². The summed E-state index contributed by atoms with van der Waals surface area (Å²) in [4.78, 5) is 21.9. The van der Waals surface area contributed by atoms with Crippen LogP contribution in [0.25, 0.3) is 6.08 Å². The molecule has 25 heavy (non-hydrogen) atoms. The number of hydrogen-bond donors (Lipinski definition) is 1. The number of carbonyl (C=O) groups excluding carboxylic acids is 1. The van der Waals surface area contributed by atoms with Gasteiger partial charge < -0.3 is 10.1 Å². The topological polar surface area (TPSA) is 81.5 Å². The first-order chi connectivity index (χ1) is 11.9. The molecule has 0 amide bonds. The predicted molar refractivity (Wildman–Crippen MR) is 92.6 cm³/mol. The van der Waals surface area contributed by atoms with E-state index < -0.39 is 10.9 Å². The van der Waals surface area contributed by atoms with Crippen molar-refractivity contribution in [3.63, 3.8) is 0 Å². The van der Waals surface area contributed by atoms with Crippen molar-refractivity contribution in [2.24, 2.45) is 0 Å². The summed E-state index contributed by atoms with van der Waals surface area (Å²) >= 11 is 0. The summed E-state index contributed by atoms with van der Waals surface area (Å²) < 4.78 is 17.5. The van der Waals surface area contributed by atoms with Gasteiger partial charge in [-0.1, -0.05) is 18.2 Å². The van der Waals surface area contributed by atoms with Crippen LogP contribution in [0.4, 0.5) is 15.8 Å². The fourth-order valence-corrected chi connectivity index (χ4v) is 2.23. The highest BCUT2D eigenvalue weighted by Crippen LogP contribution is 2.29. The van der Waals surface area contributed by atoms with Gasteiger partial charge >= 0.3 is 5.97 Å². The maximum absolute atomic E-state index is 13.0. The number of methoxy groups -OCH3 is 1. The lowest BCUT2D eigenvalue weighted by Gasteiger charge is -2.16. The maximum atomic E-state index is 13.0. The minimum absolute atomic E-state index is 0.124. The van der Waals surface area contributed by atoms with Crippen LogP contribution < -0.4 is 5.32 Å². The fourth-order valence-electron chi connectivity index (χ4n) is 2.23. The van der Waals surface area contributed by atoms with Gasteiger partial charge in [0, 0.05) is 18.2 Å². The smallest absolute Gasteiger partial charge is 0.330 e. The number of hydrogen-bond acceptors (Lipinski definition) is 5. The Hall–Kier alpha value is -3.22. The SMILES string of the molecule is COC(=O)/C=C/c1ccc(N[C@H](C)c2ccc(F)cc2)c([N+](=O)[O-])c1. The zero-order valence-electron chi connectivity index (χ0n) is 13.7. The van der Waals surface area contributed by atoms with E-state index in [1.807, 2.05) is 6.92 Å². The average molecular weight is 344 g/mol. The van der Waals surface area contributed by atoms with Crippen molar-refractivity contribution in [3.8, 4) is 0 Å². The molecule has 2 aromatic rings. The van der Waals surface area contributed by atoms with Gasteiger partial charge in [-0.05, 0) is 42.3 Å². The molecule has 0 saturated carbocycles. The van der Waals surface area contributed by atoms with Crippen LogP contribution in [0, 0.1) is 15.9 Å². The van der Waals surface area contributed by atoms with Crippen molar-refractivity contribution in [1.29, 1.82) is 0 Å². The maximum Gasteiger partial charge on any atom is 0.330 e. The van der Waals surface area contributed by atoms with Crippen molar-refractivity contribution in [2.45, 2.75) is 13.0 Å². The minimum Gasteiger partial charge on any atom is -0.466 e. The highest BCUT2D eigenvalue weighted by Gasteiger charge is 2.16. The van der Waals surface area contributed by atoms with Gasteiger partial charge in [0.25, 0.3) is 5.69 Å². The molecule has 0 aliphatic rings. The van der Waals surface area contributed by atoms with E-state index in [1.54, 1.807) is 24.3 Å². The van der Waals surface area contributed by atoms with Gasteiger partial charge in [0.2, 0.25) is 0 Å². The zero-order valence-corrected chi connectivity index (χ0v) is 13.7. The second-order valence-electron chi connectivity index (χ2n) is 5.31. The van der Waals surface area contributed by atoms with E-state index in [0.29, 0.717) is 11.3 Å². The van der Waals surface area contributed by atoms with E-state index in [9.17, 15) is 19.3 Å². The zero-order chi connectivity index (χ0) is 18.4. The summed E-state index contributed by atoms with van der Waals surface area (Å²) in [5.74, 6) is -0.890. The summed E-state index contributed by atoms with van der Waals surface area (Å²) in [7, 11) is 1.25. The molecule has 0 radical (unpaired) electrons. The van der Waals surface area contributed by atoms with Crippen LogP contribution in [-0.4, -0.2) is 18.0 Å². The van der Waals surface area contributed by atoms with Gasteiger partial charge in [-0.25, -0.2) is 9.18 Å². The van der Waals surface area contributed by atoms with E-state index in [4.69, 9.17) is 0 Å². The molecular weight excluding hydrogens is 327 g/mol. The number of anilines is 1. The number of halogens is 1. The number of nitro benzene ring substituents is 1. The molecule has 0 spiro atoms. The summed E-state index contributed by atoms with van der Waals surface area (Å²) in [5.41, 5.74) is 1.50. The third kappa shape index (κ3) is 4.87. The van der Waals surface area contributed by atoms with Crippen molar-refractivity contribution in [1.82, 2.24) is 0 Å². The molecule has 1 N–H and O–H groups in total. The number of nitrogens with one attached hydrogen (secondary N) is 1. The predicted octanol–water partition coefficient (Wildman–Crippen LogP) is 4.09. The molecule has 0 saturated heterocycles. The van der Waals surface area contributed by atoms with E-state index in [-0.39, 0.29) is 17.5 Å². The number of ether oxygens (including phenoxy) is 1. The molecule has 2 aromatic carbocycles. The Balaban J connectivity index is 2.25. The minimum atomic E-state index is -0.546. The van der Waals surface area contributed by atoms with Crippen LogP contribution in [0.3, 0.4) is 0 Å². The molecule has 0 unspecified atom stereocenters. The van der Waals surface area contributed by atoms with Gasteiger partial charge in [-0.2, -0.15) is 0 Å². The second-order valence-corrected chi connectivity index (χ2v) is 5.31. The summed E-state index contributed by atoms with van der Waals surface area (Å²) in [6.45, 7) is 1.82. The Labute approximate surface area is 144 Å². The van der Waals surface area contributed by atoms with Gasteiger partial charge in [-0.3, -0.25) is 10.1 Å². The van der Waals surface area contributed by atoms with E-state index in [0.717, 1.165) is 5.56 Å². The van der Waals surface area contributed by atoms with E-state index >= 15 is 0 Å². The molecule has 130 valence electrons. The van der Waals surface area contributed by atoms with Crippen molar-refractivity contribution >= 4 is 23.4 Å². The summed E-state index contributed by atoms with van der Waals surface area (Å²) in [5, 5.41) is 14.4. The third-order valence-electron chi connectivity index (χ3n) is 3.57. The Kier molecular flexibility index (Phi) is 5.84. The quantitative estimate of drug-likeness (QED) is 0.369. The molecule has 0 aromatic heterocycles. The van der Waals surface area contributed by atoms with Crippen LogP contribution in [-0.2, 0) is 9.53 Å². The van der Waals surface area contributed by atoms with Gasteiger partial charge in [0.1, 0.15) is 11.5 Å². The number of carbonyl (C=O) groups is 1. The van der Waals surface area contributed by atoms with Gasteiger partial charge in [0.15, 0.2) is 0 Å². The van der Waals surface area contributed by atoms with Crippen LogP contribution in [0.1, 0.15) is 24.1 Å². The monoisotopic (exact) mass is 344 g/mol. The number of nitro groups is 1. The van der Waals surface area contributed by atoms with Gasteiger partial charge in [0.05, 0.1) is 12.0 Å². The molecule has 0 fully saturated rings. The number of nitrogens with zero attached hydrogens (tertiary/aromatic N) is 1. The first-order valence-corrected chi connectivity index (χ1v) is 7.47. The molecule has 0 heterocycles. The molecule has 7 heteroatoms. The summed E-state index contributed by atoms with van der Waals surface area (Å²) in [6.07, 6.45) is 2.62. The molecule has 2 rings (SSSR count). The third-order valence-corrected chi connectivity index (χ3v) is 3.57. The highest BCUT2D eigenvalue weighted by molar-refractivity contribution is 5.87. The second kappa shape index (κ2) is 8.05. The van der Waals surface area contributed by atoms with Gasteiger partial charge in [-0.15, -0.1) is 0 Å². The lowest BCUT2D eigenvalue weighted by Crippen LogP contribution is -2.08. The number of rotatable bonds is 6. The molecule has 0 aliphatic carbocycles. The van der Waals surface area contributed by atoms with E-state index in [2.05, 4.69) is 10.1 Å². The summed E-state index contributed by atoms with van der Waals surface area (Å²) in [6, 6.07) is 10.2. The Morgan fingerprint density at radius 3 is 2.56 bits per heavy atom. The first-order valence-electron chi connectivity index (χ1n) is 7.47. The lowest BCUT2D eigenvalue weighted by molar-refractivity contribution is -0.384. The lowest BCUT2D eigenvalue weighted by atomic mass is 10.1. The molecule has 6 nitrogen and oxygen atoms in total. The molecule has 0 bridgehead atoms. The van der Waals surface area contributed by atoms with Crippen LogP contribution in [0.2, 0.25) is 0 Å². The normalized spacial score (nSPS) is 12.0. The number of benzene rings is 2. The number of esters is 1.